The molecule has 0 radical (unpaired) electrons. The summed E-state index contributed by atoms with van der Waals surface area (Å²) in [5.74, 6) is 0.285. The van der Waals surface area contributed by atoms with E-state index >= 15 is 0 Å². The Morgan fingerprint density at radius 3 is 2.26 bits per heavy atom. The van der Waals surface area contributed by atoms with Gasteiger partial charge in [-0.3, -0.25) is 9.80 Å². The molecule has 4 nitrogen and oxygen atoms in total. The number of aliphatic hydroxyl groups excluding tert-OH is 1. The summed E-state index contributed by atoms with van der Waals surface area (Å²) in [6, 6.07) is 18.6. The number of nitrogens with zero attached hydrogens (tertiary/aromatic N) is 2. The van der Waals surface area contributed by atoms with E-state index < -0.39 is 0 Å². The molecule has 1 unspecified atom stereocenters. The maximum Gasteiger partial charge on any atom is 0.123 e. The maximum atomic E-state index is 10.9. The monoisotopic (exact) mass is 472 g/mol. The Labute approximate surface area is 210 Å². The fourth-order valence-electron chi connectivity index (χ4n) is 5.38. The molecule has 0 amide bonds. The fraction of sp³-hybridized carbons (Fsp3) is 0.419. The normalized spacial score (nSPS) is 22.3. The van der Waals surface area contributed by atoms with Crippen molar-refractivity contribution in [2.24, 2.45) is 0 Å². The van der Waals surface area contributed by atoms with Crippen LogP contribution in [0.1, 0.15) is 51.2 Å². The Hall–Kier alpha value is -2.66. The van der Waals surface area contributed by atoms with Crippen LogP contribution in [0.25, 0.3) is 11.1 Å². The van der Waals surface area contributed by atoms with Crippen LogP contribution in [0.3, 0.4) is 0 Å². The number of aliphatic hydroxyl groups is 1. The van der Waals surface area contributed by atoms with Crippen LogP contribution in [-0.4, -0.2) is 64.4 Å². The number of phenols is 1. The standard InChI is InChI=1S/C31H40N2O2/c1-24(2)32-19-21-33(22-20-32)31(3)17-15-26(16-18-31)30(28-12-7-8-14-29(28)35)27(13-9-23-34)25-10-5-4-6-11-25/h4-8,10-12,14-17,24,34-35H,9,13,18-23H2,1-3H3/b30-27+. The summed E-state index contributed by atoms with van der Waals surface area (Å²) in [4.78, 5) is 5.17. The van der Waals surface area contributed by atoms with Crippen LogP contribution >= 0.6 is 0 Å². The fourth-order valence-corrected chi connectivity index (χ4v) is 5.38. The molecule has 0 spiro atoms. The van der Waals surface area contributed by atoms with Crippen molar-refractivity contribution in [3.05, 3.63) is 89.5 Å². The van der Waals surface area contributed by atoms with E-state index in [9.17, 15) is 10.2 Å². The first kappa shape index (κ1) is 25.4. The number of aromatic hydroxyl groups is 1. The first-order chi connectivity index (χ1) is 16.9. The van der Waals surface area contributed by atoms with Crippen molar-refractivity contribution in [2.75, 3.05) is 32.8 Å². The van der Waals surface area contributed by atoms with Crippen LogP contribution < -0.4 is 0 Å². The molecule has 1 heterocycles. The predicted molar refractivity (Wildman–Crippen MR) is 146 cm³/mol. The summed E-state index contributed by atoms with van der Waals surface area (Å²) in [6.07, 6.45) is 9.31. The lowest BCUT2D eigenvalue weighted by Gasteiger charge is -2.46. The molecule has 2 aromatic carbocycles. The van der Waals surface area contributed by atoms with Gasteiger partial charge in [0.05, 0.1) is 0 Å². The van der Waals surface area contributed by atoms with Gasteiger partial charge >= 0.3 is 0 Å². The molecule has 1 fully saturated rings. The summed E-state index contributed by atoms with van der Waals surface area (Å²) in [5.41, 5.74) is 5.33. The average molecular weight is 473 g/mol. The van der Waals surface area contributed by atoms with Gasteiger partial charge in [-0.15, -0.1) is 0 Å². The summed E-state index contributed by atoms with van der Waals surface area (Å²) in [6.45, 7) is 11.4. The van der Waals surface area contributed by atoms with Crippen molar-refractivity contribution in [3.63, 3.8) is 0 Å². The number of hydrogen-bond donors (Lipinski definition) is 2. The highest BCUT2D eigenvalue weighted by atomic mass is 16.3. The van der Waals surface area contributed by atoms with Gasteiger partial charge in [0.1, 0.15) is 5.75 Å². The number of hydrogen-bond acceptors (Lipinski definition) is 4. The molecule has 0 bridgehead atoms. The van der Waals surface area contributed by atoms with E-state index in [4.69, 9.17) is 0 Å². The van der Waals surface area contributed by atoms with E-state index in [-0.39, 0.29) is 17.9 Å². The molecule has 186 valence electrons. The van der Waals surface area contributed by atoms with E-state index in [0.29, 0.717) is 12.5 Å². The smallest absolute Gasteiger partial charge is 0.123 e. The predicted octanol–water partition coefficient (Wildman–Crippen LogP) is 5.75. The van der Waals surface area contributed by atoms with Gasteiger partial charge in [-0.1, -0.05) is 66.8 Å². The number of benzene rings is 2. The van der Waals surface area contributed by atoms with Gasteiger partial charge in [0.15, 0.2) is 0 Å². The van der Waals surface area contributed by atoms with Crippen LogP contribution in [0, 0.1) is 0 Å². The van der Waals surface area contributed by atoms with E-state index in [0.717, 1.165) is 66.9 Å². The topological polar surface area (TPSA) is 46.9 Å². The van der Waals surface area contributed by atoms with Gasteiger partial charge in [0.25, 0.3) is 0 Å². The van der Waals surface area contributed by atoms with Gasteiger partial charge in [-0.25, -0.2) is 0 Å². The van der Waals surface area contributed by atoms with Crippen LogP contribution in [0.5, 0.6) is 5.75 Å². The molecule has 0 saturated carbocycles. The number of phenolic OH excluding ortho intramolecular Hbond substituents is 1. The summed E-state index contributed by atoms with van der Waals surface area (Å²) >= 11 is 0. The zero-order valence-electron chi connectivity index (χ0n) is 21.5. The third-order valence-corrected chi connectivity index (χ3v) is 7.60. The summed E-state index contributed by atoms with van der Waals surface area (Å²) in [5, 5.41) is 20.5. The number of rotatable bonds is 8. The second-order valence-electron chi connectivity index (χ2n) is 10.2. The van der Waals surface area contributed by atoms with Crippen LogP contribution in [0.2, 0.25) is 0 Å². The van der Waals surface area contributed by atoms with Gasteiger partial charge in [0, 0.05) is 49.9 Å². The Kier molecular flexibility index (Phi) is 8.27. The second kappa shape index (κ2) is 11.4. The van der Waals surface area contributed by atoms with Gasteiger partial charge < -0.3 is 10.2 Å². The molecule has 0 aromatic heterocycles. The average Bonchev–Trinajstić information content (AvgIpc) is 2.88. The molecule has 2 aliphatic rings. The molecule has 2 aromatic rings. The Balaban J connectivity index is 1.71. The van der Waals surface area contributed by atoms with Gasteiger partial charge in [0.2, 0.25) is 0 Å². The lowest BCUT2D eigenvalue weighted by atomic mass is 9.81. The van der Waals surface area contributed by atoms with Crippen LogP contribution in [-0.2, 0) is 0 Å². The van der Waals surface area contributed by atoms with Crippen molar-refractivity contribution in [3.8, 4) is 5.75 Å². The van der Waals surface area contributed by atoms with E-state index in [1.54, 1.807) is 6.07 Å². The zero-order valence-corrected chi connectivity index (χ0v) is 21.5. The lowest BCUT2D eigenvalue weighted by molar-refractivity contribution is 0.0544. The van der Waals surface area contributed by atoms with Crippen molar-refractivity contribution in [2.45, 2.75) is 51.6 Å². The number of piperazine rings is 1. The van der Waals surface area contributed by atoms with Crippen molar-refractivity contribution >= 4 is 11.1 Å². The van der Waals surface area contributed by atoms with E-state index in [1.165, 1.54) is 0 Å². The highest BCUT2D eigenvalue weighted by Gasteiger charge is 2.33. The molecule has 1 atom stereocenters. The van der Waals surface area contributed by atoms with E-state index in [2.05, 4.69) is 73.1 Å². The third-order valence-electron chi connectivity index (χ3n) is 7.60. The van der Waals surface area contributed by atoms with Crippen LogP contribution in [0.4, 0.5) is 0 Å². The molecular formula is C31H40N2O2. The van der Waals surface area contributed by atoms with Crippen molar-refractivity contribution < 1.29 is 10.2 Å². The molecule has 2 N–H and O–H groups in total. The summed E-state index contributed by atoms with van der Waals surface area (Å²) < 4.78 is 0. The molecule has 1 saturated heterocycles. The SMILES string of the molecule is CC(C)N1CCN(C2(C)C=CC(/C(=C(/CCCO)c3ccccc3)c3ccccc3O)=CC2)CC1. The zero-order chi connectivity index (χ0) is 24.8. The highest BCUT2D eigenvalue weighted by molar-refractivity contribution is 6.01. The Bertz CT molecular complexity index is 1080. The molecule has 4 rings (SSSR count). The lowest BCUT2D eigenvalue weighted by Crippen LogP contribution is -2.56. The van der Waals surface area contributed by atoms with Gasteiger partial charge in [-0.2, -0.15) is 0 Å². The summed E-state index contributed by atoms with van der Waals surface area (Å²) in [7, 11) is 0. The molecule has 1 aliphatic carbocycles. The largest absolute Gasteiger partial charge is 0.507 e. The van der Waals surface area contributed by atoms with Crippen molar-refractivity contribution in [1.29, 1.82) is 0 Å². The quantitative estimate of drug-likeness (QED) is 0.481. The van der Waals surface area contributed by atoms with E-state index in [1.807, 2.05) is 24.3 Å². The Morgan fingerprint density at radius 1 is 0.971 bits per heavy atom. The third kappa shape index (κ3) is 5.78. The minimum Gasteiger partial charge on any atom is -0.507 e. The molecular weight excluding hydrogens is 432 g/mol. The number of para-hydroxylation sites is 1. The highest BCUT2D eigenvalue weighted by Crippen LogP contribution is 2.42. The molecule has 4 heteroatoms. The minimum absolute atomic E-state index is 0.00553. The van der Waals surface area contributed by atoms with Crippen LogP contribution in [0.15, 0.2) is 78.4 Å². The maximum absolute atomic E-state index is 10.9. The second-order valence-corrected chi connectivity index (χ2v) is 10.2. The molecule has 1 aliphatic heterocycles. The van der Waals surface area contributed by atoms with Gasteiger partial charge in [-0.05, 0) is 68.4 Å². The first-order valence-corrected chi connectivity index (χ1v) is 13.0. The first-order valence-electron chi connectivity index (χ1n) is 13.0. The molecule has 35 heavy (non-hydrogen) atoms. The minimum atomic E-state index is -0.00553. The number of allylic oxidation sites excluding steroid dienone is 4. The Morgan fingerprint density at radius 2 is 1.66 bits per heavy atom. The van der Waals surface area contributed by atoms with Crippen molar-refractivity contribution in [1.82, 2.24) is 9.80 Å².